The normalized spacial score (nSPS) is 10.0. The predicted molar refractivity (Wildman–Crippen MR) is 71.2 cm³/mol. The Morgan fingerprint density at radius 3 is 2.79 bits per heavy atom. The first-order valence-electron chi connectivity index (χ1n) is 5.54. The third kappa shape index (κ3) is 5.60. The van der Waals surface area contributed by atoms with E-state index in [1.54, 1.807) is 6.92 Å². The molecule has 0 radical (unpaired) electrons. The highest BCUT2D eigenvalue weighted by Gasteiger charge is 2.10. The Bertz CT molecular complexity index is 467. The summed E-state index contributed by atoms with van der Waals surface area (Å²) in [5.74, 6) is -1.68. The number of hydrogen-bond donors (Lipinski definition) is 2. The van der Waals surface area contributed by atoms with E-state index in [0.717, 1.165) is 11.8 Å². The van der Waals surface area contributed by atoms with Gasteiger partial charge in [-0.1, -0.05) is 0 Å². The lowest BCUT2D eigenvalue weighted by Gasteiger charge is -2.11. The van der Waals surface area contributed by atoms with Crippen molar-refractivity contribution in [3.05, 3.63) is 24.0 Å². The number of thioether (sulfide) groups is 1. The molecule has 0 unspecified atom stereocenters. The standard InChI is InChI=1S/C12H14FNO4S/c1-2-18-10-5-8(13)3-4-9(10)14-11(15)6-19-7-12(16)17/h3-5H,2,6-7H2,1H3,(H,14,15)(H,16,17). The Labute approximate surface area is 114 Å². The van der Waals surface area contributed by atoms with Crippen LogP contribution >= 0.6 is 11.8 Å². The number of aliphatic carboxylic acids is 1. The number of hydrogen-bond acceptors (Lipinski definition) is 4. The van der Waals surface area contributed by atoms with Gasteiger partial charge in [0.05, 0.1) is 23.8 Å². The Morgan fingerprint density at radius 2 is 2.16 bits per heavy atom. The van der Waals surface area contributed by atoms with Crippen molar-refractivity contribution >= 4 is 29.3 Å². The fourth-order valence-electron chi connectivity index (χ4n) is 1.29. The summed E-state index contributed by atoms with van der Waals surface area (Å²) in [5, 5.41) is 11.0. The zero-order valence-electron chi connectivity index (χ0n) is 10.3. The number of nitrogens with one attached hydrogen (secondary N) is 1. The van der Waals surface area contributed by atoms with Crippen molar-refractivity contribution < 1.29 is 23.8 Å². The van der Waals surface area contributed by atoms with Gasteiger partial charge < -0.3 is 15.2 Å². The van der Waals surface area contributed by atoms with E-state index in [0.29, 0.717) is 12.3 Å². The van der Waals surface area contributed by atoms with E-state index in [1.165, 1.54) is 18.2 Å². The molecule has 0 aliphatic rings. The van der Waals surface area contributed by atoms with E-state index in [2.05, 4.69) is 5.32 Å². The van der Waals surface area contributed by atoms with E-state index in [9.17, 15) is 14.0 Å². The minimum atomic E-state index is -0.977. The second-order valence-corrected chi connectivity index (χ2v) is 4.49. The lowest BCUT2D eigenvalue weighted by atomic mass is 10.3. The molecule has 104 valence electrons. The third-order valence-corrected chi connectivity index (χ3v) is 2.89. The maximum absolute atomic E-state index is 13.0. The highest BCUT2D eigenvalue weighted by molar-refractivity contribution is 8.00. The maximum atomic E-state index is 13.0. The van der Waals surface area contributed by atoms with Crippen LogP contribution in [0.4, 0.5) is 10.1 Å². The van der Waals surface area contributed by atoms with Crippen LogP contribution in [0.1, 0.15) is 6.92 Å². The molecule has 0 heterocycles. The second kappa shape index (κ2) is 7.63. The Kier molecular flexibility index (Phi) is 6.14. The van der Waals surface area contributed by atoms with E-state index >= 15 is 0 Å². The van der Waals surface area contributed by atoms with Gasteiger partial charge in [-0.15, -0.1) is 11.8 Å². The summed E-state index contributed by atoms with van der Waals surface area (Å²) in [6.45, 7) is 2.10. The first kappa shape index (κ1) is 15.3. The number of halogens is 1. The van der Waals surface area contributed by atoms with Crippen LogP contribution < -0.4 is 10.1 Å². The molecule has 0 spiro atoms. The number of ether oxygens (including phenoxy) is 1. The van der Waals surface area contributed by atoms with Gasteiger partial charge in [0, 0.05) is 6.07 Å². The first-order chi connectivity index (χ1) is 9.02. The lowest BCUT2D eigenvalue weighted by molar-refractivity contribution is -0.133. The van der Waals surface area contributed by atoms with Gasteiger partial charge in [-0.3, -0.25) is 9.59 Å². The van der Waals surface area contributed by atoms with Gasteiger partial charge in [0.2, 0.25) is 5.91 Å². The molecule has 7 heteroatoms. The van der Waals surface area contributed by atoms with Crippen LogP contribution in [0.5, 0.6) is 5.75 Å². The summed E-state index contributed by atoms with van der Waals surface area (Å²) in [5.41, 5.74) is 0.365. The van der Waals surface area contributed by atoms with E-state index < -0.39 is 11.8 Å². The van der Waals surface area contributed by atoms with Crippen molar-refractivity contribution in [1.29, 1.82) is 0 Å². The number of amides is 1. The molecule has 1 amide bonds. The number of carboxylic acids is 1. The quantitative estimate of drug-likeness (QED) is 0.802. The van der Waals surface area contributed by atoms with Gasteiger partial charge in [0.25, 0.3) is 0 Å². The molecule has 0 aliphatic carbocycles. The molecule has 1 aromatic carbocycles. The Balaban J connectivity index is 2.60. The molecule has 0 aliphatic heterocycles. The summed E-state index contributed by atoms with van der Waals surface area (Å²) in [4.78, 5) is 21.9. The molecule has 0 fully saturated rings. The number of carbonyl (C=O) groups excluding carboxylic acids is 1. The Hall–Kier alpha value is -1.76. The van der Waals surface area contributed by atoms with Crippen molar-refractivity contribution in [3.63, 3.8) is 0 Å². The van der Waals surface area contributed by atoms with Gasteiger partial charge in [0.1, 0.15) is 11.6 Å². The zero-order valence-corrected chi connectivity index (χ0v) is 11.1. The van der Waals surface area contributed by atoms with Crippen LogP contribution in [0.25, 0.3) is 0 Å². The van der Waals surface area contributed by atoms with Gasteiger partial charge in [-0.2, -0.15) is 0 Å². The minimum Gasteiger partial charge on any atom is -0.492 e. The molecule has 0 aromatic heterocycles. The smallest absolute Gasteiger partial charge is 0.313 e. The zero-order chi connectivity index (χ0) is 14.3. The number of carbonyl (C=O) groups is 2. The van der Waals surface area contributed by atoms with Crippen molar-refractivity contribution in [2.24, 2.45) is 0 Å². The summed E-state index contributed by atoms with van der Waals surface area (Å²) >= 11 is 0.985. The Morgan fingerprint density at radius 1 is 1.42 bits per heavy atom. The van der Waals surface area contributed by atoms with Crippen LogP contribution in [0, 0.1) is 5.82 Å². The van der Waals surface area contributed by atoms with Crippen molar-refractivity contribution in [2.75, 3.05) is 23.4 Å². The van der Waals surface area contributed by atoms with Crippen molar-refractivity contribution in [2.45, 2.75) is 6.92 Å². The summed E-state index contributed by atoms with van der Waals surface area (Å²) in [6, 6.07) is 3.80. The van der Waals surface area contributed by atoms with Crippen LogP contribution in [0.3, 0.4) is 0 Å². The molecule has 19 heavy (non-hydrogen) atoms. The largest absolute Gasteiger partial charge is 0.492 e. The van der Waals surface area contributed by atoms with Crippen LogP contribution in [0.15, 0.2) is 18.2 Å². The highest BCUT2D eigenvalue weighted by atomic mass is 32.2. The number of benzene rings is 1. The molecule has 0 saturated heterocycles. The first-order valence-corrected chi connectivity index (χ1v) is 6.70. The van der Waals surface area contributed by atoms with Crippen LogP contribution in [0.2, 0.25) is 0 Å². The van der Waals surface area contributed by atoms with Crippen molar-refractivity contribution in [3.8, 4) is 5.75 Å². The summed E-state index contributed by atoms with van der Waals surface area (Å²) in [6.07, 6.45) is 0. The average Bonchev–Trinajstić information content (AvgIpc) is 2.32. The van der Waals surface area contributed by atoms with E-state index in [4.69, 9.17) is 9.84 Å². The molecule has 1 aromatic rings. The average molecular weight is 287 g/mol. The number of rotatable bonds is 7. The third-order valence-electron chi connectivity index (χ3n) is 1.98. The van der Waals surface area contributed by atoms with E-state index in [1.807, 2.05) is 0 Å². The number of anilines is 1. The highest BCUT2D eigenvalue weighted by Crippen LogP contribution is 2.25. The molecular weight excluding hydrogens is 273 g/mol. The minimum absolute atomic E-state index is 0.00917. The predicted octanol–water partition coefficient (Wildman–Crippen LogP) is 1.98. The van der Waals surface area contributed by atoms with Crippen molar-refractivity contribution in [1.82, 2.24) is 0 Å². The summed E-state index contributed by atoms with van der Waals surface area (Å²) in [7, 11) is 0. The monoisotopic (exact) mass is 287 g/mol. The van der Waals surface area contributed by atoms with E-state index in [-0.39, 0.29) is 23.2 Å². The summed E-state index contributed by atoms with van der Waals surface area (Å²) < 4.78 is 18.2. The maximum Gasteiger partial charge on any atom is 0.313 e. The fraction of sp³-hybridized carbons (Fsp3) is 0.333. The fourth-order valence-corrected chi connectivity index (χ4v) is 1.83. The molecule has 1 rings (SSSR count). The molecular formula is C12H14FNO4S. The topological polar surface area (TPSA) is 75.6 Å². The molecule has 5 nitrogen and oxygen atoms in total. The number of carboxylic acid groups (broad SMARTS) is 1. The molecule has 0 atom stereocenters. The lowest BCUT2D eigenvalue weighted by Crippen LogP contribution is -2.16. The molecule has 0 bridgehead atoms. The van der Waals surface area contributed by atoms with Gasteiger partial charge in [-0.25, -0.2) is 4.39 Å². The van der Waals surface area contributed by atoms with Gasteiger partial charge in [0.15, 0.2) is 0 Å². The van der Waals surface area contributed by atoms with Gasteiger partial charge in [-0.05, 0) is 19.1 Å². The molecule has 2 N–H and O–H groups in total. The van der Waals surface area contributed by atoms with Crippen LogP contribution in [-0.4, -0.2) is 35.1 Å². The van der Waals surface area contributed by atoms with Gasteiger partial charge >= 0.3 is 5.97 Å². The SMILES string of the molecule is CCOc1cc(F)ccc1NC(=O)CSCC(=O)O. The second-order valence-electron chi connectivity index (χ2n) is 3.51. The molecule has 0 saturated carbocycles. The van der Waals surface area contributed by atoms with Crippen LogP contribution in [-0.2, 0) is 9.59 Å².